The zero-order valence-electron chi connectivity index (χ0n) is 15.0. The number of rotatable bonds is 11. The van der Waals surface area contributed by atoms with Gasteiger partial charge in [0.2, 0.25) is 0 Å². The van der Waals surface area contributed by atoms with Crippen LogP contribution in [0.2, 0.25) is 0 Å². The molecule has 0 heterocycles. The standard InChI is InChI=1S/C17H34O4S2/c1-4-6-11-16(18)15-22(3,17-12-9-8-10-13-17)21-23(19,20)14-7-5-2/h17H,4-15H2,1-3H3. The van der Waals surface area contributed by atoms with E-state index in [2.05, 4.69) is 6.92 Å². The van der Waals surface area contributed by atoms with Gasteiger partial charge in [0.1, 0.15) is 5.78 Å². The molecule has 6 heteroatoms. The second-order valence-corrected chi connectivity index (χ2v) is 12.0. The minimum Gasteiger partial charge on any atom is -0.299 e. The Kier molecular flexibility index (Phi) is 9.16. The van der Waals surface area contributed by atoms with Gasteiger partial charge in [0, 0.05) is 11.7 Å². The maximum absolute atomic E-state index is 12.3. The summed E-state index contributed by atoms with van der Waals surface area (Å²) in [7, 11) is -5.43. The second kappa shape index (κ2) is 10.0. The number of carbonyl (C=O) groups is 1. The van der Waals surface area contributed by atoms with Gasteiger partial charge < -0.3 is 0 Å². The van der Waals surface area contributed by atoms with E-state index < -0.39 is 20.4 Å². The third kappa shape index (κ3) is 7.57. The molecule has 1 saturated carbocycles. The van der Waals surface area contributed by atoms with E-state index in [9.17, 15) is 13.2 Å². The summed E-state index contributed by atoms with van der Waals surface area (Å²) in [5.41, 5.74) is 0. The van der Waals surface area contributed by atoms with Crippen molar-refractivity contribution in [2.45, 2.75) is 83.3 Å². The van der Waals surface area contributed by atoms with Crippen LogP contribution in [0.1, 0.15) is 78.1 Å². The molecule has 138 valence electrons. The largest absolute Gasteiger partial charge is 0.299 e. The molecule has 1 atom stereocenters. The molecule has 0 N–H and O–H groups in total. The first-order chi connectivity index (χ1) is 10.8. The summed E-state index contributed by atoms with van der Waals surface area (Å²) in [6.07, 6.45) is 11.2. The Morgan fingerprint density at radius 3 is 2.22 bits per heavy atom. The lowest BCUT2D eigenvalue weighted by Crippen LogP contribution is -2.30. The Morgan fingerprint density at radius 1 is 1.04 bits per heavy atom. The molecular formula is C17H34O4S2. The fourth-order valence-corrected chi connectivity index (χ4v) is 8.91. The zero-order valence-corrected chi connectivity index (χ0v) is 16.6. The van der Waals surface area contributed by atoms with Gasteiger partial charge in [-0.25, -0.2) is 3.63 Å². The van der Waals surface area contributed by atoms with Gasteiger partial charge in [-0.2, -0.15) is 8.42 Å². The molecule has 23 heavy (non-hydrogen) atoms. The predicted octanol–water partition coefficient (Wildman–Crippen LogP) is 4.57. The first kappa shape index (κ1) is 21.0. The van der Waals surface area contributed by atoms with Crippen LogP contribution in [0.5, 0.6) is 0 Å². The van der Waals surface area contributed by atoms with Crippen molar-refractivity contribution in [1.82, 2.24) is 0 Å². The molecule has 1 unspecified atom stereocenters. The third-order valence-electron chi connectivity index (χ3n) is 4.52. The summed E-state index contributed by atoms with van der Waals surface area (Å²) < 4.78 is 30.4. The van der Waals surface area contributed by atoms with Gasteiger partial charge in [-0.05, 0) is 31.9 Å². The van der Waals surface area contributed by atoms with Gasteiger partial charge >= 0.3 is 0 Å². The number of ketones is 1. The summed E-state index contributed by atoms with van der Waals surface area (Å²) in [5.74, 6) is 0.547. The zero-order chi connectivity index (χ0) is 17.3. The highest BCUT2D eigenvalue weighted by Crippen LogP contribution is 2.56. The Labute approximate surface area is 144 Å². The molecule has 1 rings (SSSR count). The van der Waals surface area contributed by atoms with Gasteiger partial charge in [-0.1, -0.05) is 46.0 Å². The SMILES string of the molecule is CCCCC(=O)CS(C)(OS(=O)(=O)CCCC)C1CCCCC1. The average Bonchev–Trinajstić information content (AvgIpc) is 2.51. The minimum absolute atomic E-state index is 0.0714. The molecule has 4 nitrogen and oxygen atoms in total. The number of hydrogen-bond donors (Lipinski definition) is 0. The molecular weight excluding hydrogens is 332 g/mol. The smallest absolute Gasteiger partial charge is 0.276 e. The van der Waals surface area contributed by atoms with Crippen LogP contribution in [0, 0.1) is 0 Å². The Bertz CT molecular complexity index is 455. The van der Waals surface area contributed by atoms with E-state index in [0.717, 1.165) is 44.9 Å². The van der Waals surface area contributed by atoms with E-state index in [1.165, 1.54) is 6.42 Å². The van der Waals surface area contributed by atoms with Crippen LogP contribution < -0.4 is 0 Å². The Balaban J connectivity index is 2.84. The van der Waals surface area contributed by atoms with Crippen LogP contribution in [0.3, 0.4) is 0 Å². The van der Waals surface area contributed by atoms with Gasteiger partial charge in [0.25, 0.3) is 10.1 Å². The van der Waals surface area contributed by atoms with E-state index in [1.54, 1.807) is 0 Å². The van der Waals surface area contributed by atoms with E-state index in [1.807, 2.05) is 13.2 Å². The highest BCUT2D eigenvalue weighted by molar-refractivity contribution is 8.33. The predicted molar refractivity (Wildman–Crippen MR) is 99.6 cm³/mol. The van der Waals surface area contributed by atoms with E-state index in [-0.39, 0.29) is 16.8 Å². The van der Waals surface area contributed by atoms with Crippen LogP contribution >= 0.6 is 10.3 Å². The first-order valence-corrected chi connectivity index (χ1v) is 12.8. The molecule has 0 aromatic rings. The van der Waals surface area contributed by atoms with Crippen LogP contribution in [-0.2, 0) is 18.5 Å². The van der Waals surface area contributed by atoms with Crippen LogP contribution in [0.4, 0.5) is 0 Å². The van der Waals surface area contributed by atoms with Gasteiger partial charge in [0.15, 0.2) is 0 Å². The highest BCUT2D eigenvalue weighted by atomic mass is 32.3. The molecule has 0 aliphatic heterocycles. The molecule has 0 aromatic heterocycles. The lowest BCUT2D eigenvalue weighted by Gasteiger charge is -2.43. The van der Waals surface area contributed by atoms with Crippen molar-refractivity contribution in [2.24, 2.45) is 0 Å². The second-order valence-electron chi connectivity index (χ2n) is 6.80. The topological polar surface area (TPSA) is 60.4 Å². The first-order valence-electron chi connectivity index (χ1n) is 9.03. The van der Waals surface area contributed by atoms with E-state index in [4.69, 9.17) is 3.63 Å². The summed E-state index contributed by atoms with van der Waals surface area (Å²) in [6, 6.07) is 0. The normalized spacial score (nSPS) is 20.8. The molecule has 0 saturated heterocycles. The van der Waals surface area contributed by atoms with Crippen LogP contribution in [0.25, 0.3) is 0 Å². The number of hydrogen-bond acceptors (Lipinski definition) is 4. The molecule has 0 amide bonds. The van der Waals surface area contributed by atoms with Gasteiger partial charge in [-0.15, -0.1) is 10.3 Å². The molecule has 1 fully saturated rings. The van der Waals surface area contributed by atoms with Crippen molar-refractivity contribution in [3.05, 3.63) is 0 Å². The number of carbonyl (C=O) groups excluding carboxylic acids is 1. The molecule has 0 spiro atoms. The lowest BCUT2D eigenvalue weighted by molar-refractivity contribution is -0.116. The molecule has 0 bridgehead atoms. The van der Waals surface area contributed by atoms with Crippen molar-refractivity contribution in [3.8, 4) is 0 Å². The number of Topliss-reactive ketones (excluding diaryl/α,β-unsaturated/α-hetero) is 1. The van der Waals surface area contributed by atoms with E-state index in [0.29, 0.717) is 18.6 Å². The van der Waals surface area contributed by atoms with Crippen molar-refractivity contribution >= 4 is 26.2 Å². The van der Waals surface area contributed by atoms with Crippen molar-refractivity contribution < 1.29 is 16.8 Å². The average molecular weight is 367 g/mol. The Hall–Kier alpha value is -0.0700. The maximum atomic E-state index is 12.3. The minimum atomic E-state index is -3.53. The molecule has 1 aliphatic rings. The third-order valence-corrected chi connectivity index (χ3v) is 10.2. The van der Waals surface area contributed by atoms with Gasteiger partial charge in [-0.3, -0.25) is 4.79 Å². The van der Waals surface area contributed by atoms with Crippen molar-refractivity contribution in [3.63, 3.8) is 0 Å². The lowest BCUT2D eigenvalue weighted by atomic mass is 10.0. The summed E-state index contributed by atoms with van der Waals surface area (Å²) in [4.78, 5) is 12.3. The highest BCUT2D eigenvalue weighted by Gasteiger charge is 2.37. The fraction of sp³-hybridized carbons (Fsp3) is 0.941. The van der Waals surface area contributed by atoms with Crippen molar-refractivity contribution in [2.75, 3.05) is 17.8 Å². The van der Waals surface area contributed by atoms with Crippen molar-refractivity contribution in [1.29, 1.82) is 0 Å². The van der Waals surface area contributed by atoms with Crippen LogP contribution in [0.15, 0.2) is 0 Å². The quantitative estimate of drug-likeness (QED) is 0.537. The van der Waals surface area contributed by atoms with Gasteiger partial charge in [0.05, 0.1) is 11.5 Å². The van der Waals surface area contributed by atoms with E-state index >= 15 is 0 Å². The van der Waals surface area contributed by atoms with Crippen LogP contribution in [-0.4, -0.2) is 37.2 Å². The summed E-state index contributed by atoms with van der Waals surface area (Å²) in [5, 5.41) is 0.248. The molecule has 1 aliphatic carbocycles. The molecule has 0 aromatic carbocycles. The molecule has 0 radical (unpaired) electrons. The summed E-state index contributed by atoms with van der Waals surface area (Å²) >= 11 is 0. The fourth-order valence-electron chi connectivity index (χ4n) is 3.12. The maximum Gasteiger partial charge on any atom is 0.276 e. The summed E-state index contributed by atoms with van der Waals surface area (Å²) in [6.45, 7) is 4.03. The monoisotopic (exact) mass is 366 g/mol. The number of unbranched alkanes of at least 4 members (excludes halogenated alkanes) is 2. The Morgan fingerprint density at radius 2 is 1.65 bits per heavy atom.